The number of nitrogens with one attached hydrogen (secondary N) is 1. The van der Waals surface area contributed by atoms with E-state index in [1.54, 1.807) is 0 Å². The molecule has 0 aromatic rings. The number of rotatable bonds is 5. The first-order chi connectivity index (χ1) is 6.29. The van der Waals surface area contributed by atoms with E-state index in [0.29, 0.717) is 0 Å². The third kappa shape index (κ3) is 2.94. The van der Waals surface area contributed by atoms with Crippen LogP contribution >= 0.6 is 0 Å². The fourth-order valence-corrected chi connectivity index (χ4v) is 1.65. The van der Waals surface area contributed by atoms with Crippen molar-refractivity contribution in [3.63, 3.8) is 0 Å². The van der Waals surface area contributed by atoms with Crippen molar-refractivity contribution >= 4 is 17.5 Å². The highest BCUT2D eigenvalue weighted by Crippen LogP contribution is 2.21. The van der Waals surface area contributed by atoms with Crippen LogP contribution in [0.2, 0.25) is 0 Å². The van der Waals surface area contributed by atoms with Gasteiger partial charge in [0.2, 0.25) is 0 Å². The highest BCUT2D eigenvalue weighted by atomic mass is 16.4. The molecule has 0 amide bonds. The van der Waals surface area contributed by atoms with Crippen LogP contribution in [0.5, 0.6) is 0 Å². The second-order valence-electron chi connectivity index (χ2n) is 4.06. The van der Waals surface area contributed by atoms with Crippen LogP contribution in [0.4, 0.5) is 0 Å². The zero-order valence-electron chi connectivity index (χ0n) is 9.00. The van der Waals surface area contributed by atoms with Crippen molar-refractivity contribution in [3.8, 4) is 0 Å². The van der Waals surface area contributed by atoms with Crippen LogP contribution < -0.4 is 0 Å². The maximum atomic E-state index is 11.6. The molecule has 0 aliphatic carbocycles. The lowest BCUT2D eigenvalue weighted by Crippen LogP contribution is -2.35. The zero-order chi connectivity index (χ0) is 11.5. The van der Waals surface area contributed by atoms with Gasteiger partial charge in [-0.25, -0.2) is 4.79 Å². The summed E-state index contributed by atoms with van der Waals surface area (Å²) in [5, 5.41) is 15.6. The fourth-order valence-electron chi connectivity index (χ4n) is 1.65. The number of aliphatic carboxylic acids is 1. The molecule has 4 nitrogen and oxygen atoms in total. The number of carbonyl (C=O) groups is 2. The van der Waals surface area contributed by atoms with Crippen molar-refractivity contribution in [2.45, 2.75) is 27.7 Å². The number of Topliss-reactive ketones (excluding diaryl/α,β-unsaturated/α-hetero) is 1. The first kappa shape index (κ1) is 12.8. The lowest BCUT2D eigenvalue weighted by molar-refractivity contribution is -0.131. The molecule has 0 saturated heterocycles. The van der Waals surface area contributed by atoms with Gasteiger partial charge in [-0.2, -0.15) is 0 Å². The Hall–Kier alpha value is -1.19. The molecule has 0 radical (unpaired) electrons. The first-order valence-electron chi connectivity index (χ1n) is 4.65. The van der Waals surface area contributed by atoms with Crippen molar-refractivity contribution in [1.29, 1.82) is 5.41 Å². The molecule has 0 unspecified atom stereocenters. The Bertz CT molecular complexity index is 248. The summed E-state index contributed by atoms with van der Waals surface area (Å²) in [6.45, 7) is 7.44. The van der Waals surface area contributed by atoms with Gasteiger partial charge in [0.05, 0.1) is 0 Å². The van der Waals surface area contributed by atoms with Gasteiger partial charge in [-0.05, 0) is 11.8 Å². The summed E-state index contributed by atoms with van der Waals surface area (Å²) in [7, 11) is 0. The number of carboxylic acids is 1. The average molecular weight is 199 g/mol. The number of hydrogen-bond donors (Lipinski definition) is 2. The molecule has 0 fully saturated rings. The number of carbonyl (C=O) groups excluding carboxylic acids is 1. The van der Waals surface area contributed by atoms with Crippen molar-refractivity contribution in [2.75, 3.05) is 0 Å². The molecule has 0 aromatic heterocycles. The summed E-state index contributed by atoms with van der Waals surface area (Å²) in [6.07, 6.45) is 0. The molecule has 0 bridgehead atoms. The SMILES string of the molecule is CC(C)C(C(=O)C(=N)C(=O)O)C(C)C. The van der Waals surface area contributed by atoms with E-state index in [-0.39, 0.29) is 17.8 Å². The summed E-state index contributed by atoms with van der Waals surface area (Å²) in [5.41, 5.74) is -0.808. The Morgan fingerprint density at radius 2 is 1.43 bits per heavy atom. The molecule has 80 valence electrons. The molecule has 0 rings (SSSR count). The van der Waals surface area contributed by atoms with Gasteiger partial charge >= 0.3 is 5.97 Å². The normalized spacial score (nSPS) is 11.1. The van der Waals surface area contributed by atoms with Gasteiger partial charge in [0.25, 0.3) is 0 Å². The van der Waals surface area contributed by atoms with Crippen molar-refractivity contribution in [1.82, 2.24) is 0 Å². The van der Waals surface area contributed by atoms with Gasteiger partial charge in [0.1, 0.15) is 0 Å². The molecule has 2 N–H and O–H groups in total. The largest absolute Gasteiger partial charge is 0.476 e. The molecule has 4 heteroatoms. The Morgan fingerprint density at radius 3 is 1.64 bits per heavy atom. The second kappa shape index (κ2) is 4.88. The number of ketones is 1. The molecular formula is C10H17NO3. The molecule has 0 spiro atoms. The van der Waals surface area contributed by atoms with Crippen LogP contribution in [0.1, 0.15) is 27.7 Å². The molecular weight excluding hydrogens is 182 g/mol. The highest BCUT2D eigenvalue weighted by Gasteiger charge is 2.31. The quantitative estimate of drug-likeness (QED) is 0.521. The lowest BCUT2D eigenvalue weighted by atomic mass is 9.81. The van der Waals surface area contributed by atoms with E-state index >= 15 is 0 Å². The predicted octanol–water partition coefficient (Wildman–Crippen LogP) is 1.59. The Morgan fingerprint density at radius 1 is 1.07 bits per heavy atom. The van der Waals surface area contributed by atoms with Crippen LogP contribution in [0.25, 0.3) is 0 Å². The summed E-state index contributed by atoms with van der Waals surface area (Å²) >= 11 is 0. The van der Waals surface area contributed by atoms with Crippen LogP contribution in [0, 0.1) is 23.2 Å². The van der Waals surface area contributed by atoms with E-state index in [2.05, 4.69) is 0 Å². The monoisotopic (exact) mass is 199 g/mol. The van der Waals surface area contributed by atoms with E-state index in [1.165, 1.54) is 0 Å². The third-order valence-corrected chi connectivity index (χ3v) is 2.20. The van der Waals surface area contributed by atoms with E-state index in [4.69, 9.17) is 10.5 Å². The van der Waals surface area contributed by atoms with Crippen molar-refractivity contribution in [2.24, 2.45) is 17.8 Å². The topological polar surface area (TPSA) is 78.2 Å². The molecule has 0 atom stereocenters. The zero-order valence-corrected chi connectivity index (χ0v) is 9.00. The molecule has 0 saturated carbocycles. The number of carboxylic acid groups (broad SMARTS) is 1. The average Bonchev–Trinajstić information content (AvgIpc) is 2.01. The Balaban J connectivity index is 4.78. The molecule has 0 aliphatic heterocycles. The first-order valence-corrected chi connectivity index (χ1v) is 4.65. The molecule has 0 aliphatic rings. The van der Waals surface area contributed by atoms with Crippen LogP contribution in [0.3, 0.4) is 0 Å². The summed E-state index contributed by atoms with van der Waals surface area (Å²) in [4.78, 5) is 22.0. The van der Waals surface area contributed by atoms with Crippen LogP contribution in [0.15, 0.2) is 0 Å². The lowest BCUT2D eigenvalue weighted by Gasteiger charge is -2.22. The van der Waals surface area contributed by atoms with Crippen molar-refractivity contribution < 1.29 is 14.7 Å². The minimum atomic E-state index is -1.44. The van der Waals surface area contributed by atoms with E-state index in [0.717, 1.165) is 0 Å². The Kier molecular flexibility index (Phi) is 4.47. The molecule has 14 heavy (non-hydrogen) atoms. The minimum Gasteiger partial charge on any atom is -0.476 e. The van der Waals surface area contributed by atoms with Gasteiger partial charge in [-0.3, -0.25) is 10.2 Å². The maximum Gasteiger partial charge on any atom is 0.357 e. The van der Waals surface area contributed by atoms with Crippen LogP contribution in [-0.2, 0) is 9.59 Å². The maximum absolute atomic E-state index is 11.6. The standard InChI is InChI=1S/C10H17NO3/c1-5(2)7(6(3)4)9(12)8(11)10(13)14/h5-7,11H,1-4H3,(H,13,14). The second-order valence-corrected chi connectivity index (χ2v) is 4.06. The van der Waals surface area contributed by atoms with Gasteiger partial charge in [-0.1, -0.05) is 27.7 Å². The minimum absolute atomic E-state index is 0.0576. The van der Waals surface area contributed by atoms with Crippen LogP contribution in [-0.4, -0.2) is 22.6 Å². The fraction of sp³-hybridized carbons (Fsp3) is 0.700. The summed E-state index contributed by atoms with van der Waals surface area (Å²) < 4.78 is 0. The van der Waals surface area contributed by atoms with Gasteiger partial charge < -0.3 is 5.11 Å². The van der Waals surface area contributed by atoms with E-state index in [1.807, 2.05) is 27.7 Å². The third-order valence-electron chi connectivity index (χ3n) is 2.20. The highest BCUT2D eigenvalue weighted by molar-refractivity contribution is 6.63. The molecule has 0 heterocycles. The van der Waals surface area contributed by atoms with E-state index in [9.17, 15) is 9.59 Å². The van der Waals surface area contributed by atoms with E-state index < -0.39 is 17.5 Å². The van der Waals surface area contributed by atoms with Gasteiger partial charge in [0.15, 0.2) is 11.5 Å². The molecule has 0 aromatic carbocycles. The van der Waals surface area contributed by atoms with Crippen molar-refractivity contribution in [3.05, 3.63) is 0 Å². The van der Waals surface area contributed by atoms with Gasteiger partial charge in [0, 0.05) is 5.92 Å². The smallest absolute Gasteiger partial charge is 0.357 e. The Labute approximate surface area is 83.8 Å². The number of hydrogen-bond acceptors (Lipinski definition) is 3. The predicted molar refractivity (Wildman–Crippen MR) is 53.5 cm³/mol. The van der Waals surface area contributed by atoms with Gasteiger partial charge in [-0.15, -0.1) is 0 Å². The summed E-state index contributed by atoms with van der Waals surface area (Å²) in [5.74, 6) is -2.27. The summed E-state index contributed by atoms with van der Waals surface area (Å²) in [6, 6.07) is 0.